The first kappa shape index (κ1) is 8.76. The van der Waals surface area contributed by atoms with Gasteiger partial charge in [-0.25, -0.2) is 22.0 Å². The normalized spacial score (nSPS) is 10.4. The first-order valence-electron chi connectivity index (χ1n) is 2.69. The molecule has 0 aliphatic heterocycles. The Balaban J connectivity index is 3.60. The molecule has 0 fully saturated rings. The Bertz CT molecular complexity index is 230. The molecule has 0 aliphatic rings. The highest BCUT2D eigenvalue weighted by atomic mass is 19.2. The van der Waals surface area contributed by atoms with Gasteiger partial charge in [0, 0.05) is 0 Å². The minimum Gasteiger partial charge on any atom is -0.694 e. The summed E-state index contributed by atoms with van der Waals surface area (Å²) in [4.78, 5) is 0. The van der Waals surface area contributed by atoms with Gasteiger partial charge in [-0.2, -0.15) is 0 Å². The number of halogens is 5. The highest BCUT2D eigenvalue weighted by Gasteiger charge is 2.19. The third-order valence-corrected chi connectivity index (χ3v) is 1.21. The lowest BCUT2D eigenvalue weighted by atomic mass is 10.2. The van der Waals surface area contributed by atoms with Gasteiger partial charge in [-0.1, -0.05) is 5.69 Å². The molecule has 0 spiro atoms. The van der Waals surface area contributed by atoms with Crippen molar-refractivity contribution in [1.82, 2.24) is 0 Å². The zero-order valence-electron chi connectivity index (χ0n) is 5.39. The van der Waals surface area contributed by atoms with Gasteiger partial charge in [0.15, 0.2) is 17.5 Å². The second-order valence-corrected chi connectivity index (χ2v) is 1.94. The SMILES string of the molecule is [NH-]c1c(F)c(F)c(F)c(F)c1F. The monoisotopic (exact) mass is 182 g/mol. The zero-order chi connectivity index (χ0) is 9.46. The van der Waals surface area contributed by atoms with E-state index in [0.717, 1.165) is 0 Å². The van der Waals surface area contributed by atoms with Crippen molar-refractivity contribution < 1.29 is 22.0 Å². The molecule has 0 aliphatic carbocycles. The van der Waals surface area contributed by atoms with Crippen LogP contribution in [0.15, 0.2) is 0 Å². The van der Waals surface area contributed by atoms with Crippen molar-refractivity contribution in [2.45, 2.75) is 0 Å². The molecule has 0 saturated heterocycles. The first-order valence-corrected chi connectivity index (χ1v) is 2.69. The molecule has 1 nitrogen and oxygen atoms in total. The van der Waals surface area contributed by atoms with Crippen LogP contribution in [0.25, 0.3) is 5.73 Å². The summed E-state index contributed by atoms with van der Waals surface area (Å²) < 4.78 is 60.9. The van der Waals surface area contributed by atoms with Crippen molar-refractivity contribution in [2.24, 2.45) is 0 Å². The molecular formula is C6HF5N-. The quantitative estimate of drug-likeness (QED) is 0.334. The van der Waals surface area contributed by atoms with Crippen LogP contribution in [0.1, 0.15) is 0 Å². The Labute approximate surface area is 63.6 Å². The van der Waals surface area contributed by atoms with E-state index in [2.05, 4.69) is 0 Å². The Morgan fingerprint density at radius 2 is 0.833 bits per heavy atom. The summed E-state index contributed by atoms with van der Waals surface area (Å²) in [5.74, 6) is -10.7. The lowest BCUT2D eigenvalue weighted by molar-refractivity contribution is 0.383. The van der Waals surface area contributed by atoms with Crippen LogP contribution in [0.2, 0.25) is 0 Å². The molecule has 0 heterocycles. The highest BCUT2D eigenvalue weighted by Crippen LogP contribution is 2.27. The van der Waals surface area contributed by atoms with Gasteiger partial charge in [0.25, 0.3) is 0 Å². The Hall–Kier alpha value is -1.33. The summed E-state index contributed by atoms with van der Waals surface area (Å²) in [5.41, 5.74) is 4.81. The summed E-state index contributed by atoms with van der Waals surface area (Å²) in [5, 5.41) is 0. The summed E-state index contributed by atoms with van der Waals surface area (Å²) in [6.07, 6.45) is 0. The lowest BCUT2D eigenvalue weighted by Gasteiger charge is -2.08. The van der Waals surface area contributed by atoms with E-state index in [9.17, 15) is 22.0 Å². The molecular weight excluding hydrogens is 181 g/mol. The second-order valence-electron chi connectivity index (χ2n) is 1.94. The Kier molecular flexibility index (Phi) is 1.91. The molecule has 1 aromatic carbocycles. The number of benzene rings is 1. The predicted molar refractivity (Wildman–Crippen MR) is 30.2 cm³/mol. The van der Waals surface area contributed by atoms with Gasteiger partial charge in [0.05, 0.1) is 0 Å². The van der Waals surface area contributed by atoms with E-state index in [1.807, 2.05) is 0 Å². The summed E-state index contributed by atoms with van der Waals surface area (Å²) in [6.45, 7) is 0. The van der Waals surface area contributed by atoms with E-state index < -0.39 is 34.8 Å². The third kappa shape index (κ3) is 0.992. The zero-order valence-corrected chi connectivity index (χ0v) is 5.39. The molecule has 0 unspecified atom stereocenters. The van der Waals surface area contributed by atoms with Crippen LogP contribution in [-0.4, -0.2) is 0 Å². The van der Waals surface area contributed by atoms with Crippen molar-refractivity contribution in [3.63, 3.8) is 0 Å². The molecule has 0 bridgehead atoms. The van der Waals surface area contributed by atoms with Crippen LogP contribution in [0.4, 0.5) is 27.6 Å². The molecule has 66 valence electrons. The Morgan fingerprint density at radius 3 is 1.17 bits per heavy atom. The van der Waals surface area contributed by atoms with Gasteiger partial charge in [-0.15, -0.1) is 0 Å². The van der Waals surface area contributed by atoms with E-state index in [-0.39, 0.29) is 0 Å². The topological polar surface area (TPSA) is 23.8 Å². The van der Waals surface area contributed by atoms with Gasteiger partial charge in [0.2, 0.25) is 0 Å². The smallest absolute Gasteiger partial charge is 0.200 e. The summed E-state index contributed by atoms with van der Waals surface area (Å²) in [7, 11) is 0. The Morgan fingerprint density at radius 1 is 0.583 bits per heavy atom. The molecule has 0 radical (unpaired) electrons. The van der Waals surface area contributed by atoms with Crippen LogP contribution < -0.4 is 0 Å². The molecule has 1 aromatic rings. The van der Waals surface area contributed by atoms with Crippen LogP contribution >= 0.6 is 0 Å². The lowest BCUT2D eigenvalue weighted by Crippen LogP contribution is -1.99. The number of hydrogen-bond donors (Lipinski definition) is 0. The fraction of sp³-hybridized carbons (Fsp3) is 0. The molecule has 1 rings (SSSR count). The van der Waals surface area contributed by atoms with Gasteiger partial charge < -0.3 is 5.73 Å². The van der Waals surface area contributed by atoms with Crippen molar-refractivity contribution >= 4 is 5.69 Å². The van der Waals surface area contributed by atoms with Crippen LogP contribution in [0.3, 0.4) is 0 Å². The third-order valence-electron chi connectivity index (χ3n) is 1.21. The number of hydrogen-bond acceptors (Lipinski definition) is 0. The van der Waals surface area contributed by atoms with Gasteiger partial charge >= 0.3 is 0 Å². The van der Waals surface area contributed by atoms with E-state index in [0.29, 0.717) is 0 Å². The standard InChI is InChI=1S/C6HF5N/c7-1-2(8)4(10)6(12)5(11)3(1)9/h12H/q-1. The average molecular weight is 182 g/mol. The molecule has 0 atom stereocenters. The van der Waals surface area contributed by atoms with Crippen LogP contribution in [0, 0.1) is 29.1 Å². The van der Waals surface area contributed by atoms with Crippen molar-refractivity contribution in [3.05, 3.63) is 34.8 Å². The maximum atomic E-state index is 12.2. The molecule has 0 saturated carbocycles. The van der Waals surface area contributed by atoms with Gasteiger partial charge in [-0.05, 0) is 0 Å². The maximum absolute atomic E-state index is 12.2. The second kappa shape index (κ2) is 2.62. The van der Waals surface area contributed by atoms with E-state index in [1.54, 1.807) is 0 Å². The molecule has 6 heteroatoms. The van der Waals surface area contributed by atoms with Crippen LogP contribution in [0.5, 0.6) is 0 Å². The maximum Gasteiger partial charge on any atom is 0.200 e. The van der Waals surface area contributed by atoms with Gasteiger partial charge in [0.1, 0.15) is 11.6 Å². The number of nitrogens with one attached hydrogen (secondary N) is 1. The van der Waals surface area contributed by atoms with Gasteiger partial charge in [-0.3, -0.25) is 0 Å². The summed E-state index contributed by atoms with van der Waals surface area (Å²) >= 11 is 0. The van der Waals surface area contributed by atoms with Crippen molar-refractivity contribution in [3.8, 4) is 0 Å². The van der Waals surface area contributed by atoms with E-state index in [1.165, 1.54) is 0 Å². The largest absolute Gasteiger partial charge is 0.694 e. The minimum atomic E-state index is -2.25. The highest BCUT2D eigenvalue weighted by molar-refractivity contribution is 5.46. The first-order chi connectivity index (χ1) is 5.46. The fourth-order valence-electron chi connectivity index (χ4n) is 0.605. The molecule has 0 amide bonds. The predicted octanol–water partition coefficient (Wildman–Crippen LogP) is 3.07. The average Bonchev–Trinajstić information content (AvgIpc) is 2.08. The molecule has 1 N–H and O–H groups in total. The molecule has 12 heavy (non-hydrogen) atoms. The van der Waals surface area contributed by atoms with E-state index in [4.69, 9.17) is 5.73 Å². The minimum absolute atomic E-state index is 1.62. The van der Waals surface area contributed by atoms with Crippen molar-refractivity contribution in [1.29, 1.82) is 0 Å². The summed E-state index contributed by atoms with van der Waals surface area (Å²) in [6, 6.07) is 0. The number of rotatable bonds is 0. The molecule has 0 aromatic heterocycles. The fourth-order valence-corrected chi connectivity index (χ4v) is 0.605. The van der Waals surface area contributed by atoms with Crippen LogP contribution in [-0.2, 0) is 0 Å². The van der Waals surface area contributed by atoms with Crippen molar-refractivity contribution in [2.75, 3.05) is 0 Å². The van der Waals surface area contributed by atoms with E-state index >= 15 is 0 Å².